The lowest BCUT2D eigenvalue weighted by Gasteiger charge is -2.21. The van der Waals surface area contributed by atoms with Crippen LogP contribution in [-0.4, -0.2) is 15.7 Å². The summed E-state index contributed by atoms with van der Waals surface area (Å²) in [6.45, 7) is 13.8. The average molecular weight is 509 g/mol. The molecule has 2 heterocycles. The van der Waals surface area contributed by atoms with Crippen molar-refractivity contribution in [1.29, 1.82) is 0 Å². The highest BCUT2D eigenvalue weighted by atomic mass is 16.5. The van der Waals surface area contributed by atoms with Crippen LogP contribution in [0.2, 0.25) is 0 Å². The lowest BCUT2D eigenvalue weighted by Crippen LogP contribution is -2.14. The lowest BCUT2D eigenvalue weighted by atomic mass is 9.85. The van der Waals surface area contributed by atoms with Crippen LogP contribution in [0.15, 0.2) is 66.7 Å². The van der Waals surface area contributed by atoms with Crippen molar-refractivity contribution in [2.75, 3.05) is 5.32 Å². The van der Waals surface area contributed by atoms with Gasteiger partial charge in [0.05, 0.1) is 0 Å². The third kappa shape index (κ3) is 5.03. The molecule has 0 fully saturated rings. The molecular weight excluding hydrogens is 472 g/mol. The minimum Gasteiger partial charge on any atom is -0.457 e. The van der Waals surface area contributed by atoms with Crippen molar-refractivity contribution in [2.45, 2.75) is 65.3 Å². The van der Waals surface area contributed by atoms with E-state index in [0.717, 1.165) is 23.4 Å². The van der Waals surface area contributed by atoms with Gasteiger partial charge in [-0.1, -0.05) is 65.8 Å². The predicted molar refractivity (Wildman–Crippen MR) is 154 cm³/mol. The normalized spacial score (nSPS) is 13.2. The number of aryl methyl sites for hydroxylation is 2. The highest BCUT2D eigenvalue weighted by Gasteiger charge is 2.27. The Balaban J connectivity index is 1.42. The van der Waals surface area contributed by atoms with E-state index in [-0.39, 0.29) is 10.8 Å². The number of primary amides is 1. The number of nitrogens with one attached hydrogen (secondary N) is 1. The molecule has 3 aromatic carbocycles. The minimum atomic E-state index is -0.511. The largest absolute Gasteiger partial charge is 0.457 e. The van der Waals surface area contributed by atoms with Gasteiger partial charge in [-0.3, -0.25) is 4.79 Å². The number of ether oxygens (including phenoxy) is 1. The van der Waals surface area contributed by atoms with E-state index in [2.05, 4.69) is 77.2 Å². The van der Waals surface area contributed by atoms with Gasteiger partial charge in [0.1, 0.15) is 28.6 Å². The third-order valence-corrected chi connectivity index (χ3v) is 7.10. The molecule has 1 amide bonds. The maximum atomic E-state index is 12.6. The summed E-state index contributed by atoms with van der Waals surface area (Å²) in [5, 5.41) is 8.27. The molecule has 1 aliphatic heterocycles. The molecule has 0 atom stereocenters. The number of carbonyl (C=O) groups is 1. The summed E-state index contributed by atoms with van der Waals surface area (Å²) in [6.07, 6.45) is 0.805. The molecule has 0 saturated carbocycles. The van der Waals surface area contributed by atoms with E-state index >= 15 is 0 Å². The Morgan fingerprint density at radius 1 is 0.868 bits per heavy atom. The van der Waals surface area contributed by atoms with Gasteiger partial charge in [0.15, 0.2) is 0 Å². The first-order valence-electron chi connectivity index (χ1n) is 13.1. The van der Waals surface area contributed by atoms with Gasteiger partial charge in [0.25, 0.3) is 5.91 Å². The van der Waals surface area contributed by atoms with E-state index in [9.17, 15) is 4.79 Å². The Morgan fingerprint density at radius 3 is 2.03 bits per heavy atom. The second kappa shape index (κ2) is 9.35. The van der Waals surface area contributed by atoms with Gasteiger partial charge in [0.2, 0.25) is 0 Å². The van der Waals surface area contributed by atoms with Gasteiger partial charge in [-0.25, -0.2) is 4.68 Å². The van der Waals surface area contributed by atoms with Crippen molar-refractivity contribution in [3.05, 3.63) is 89.0 Å². The zero-order valence-corrected chi connectivity index (χ0v) is 23.1. The summed E-state index contributed by atoms with van der Waals surface area (Å²) in [6, 6.07) is 22.2. The Labute approximate surface area is 224 Å². The van der Waals surface area contributed by atoms with Crippen molar-refractivity contribution < 1.29 is 9.53 Å². The van der Waals surface area contributed by atoms with Gasteiger partial charge >= 0.3 is 0 Å². The van der Waals surface area contributed by atoms with Crippen LogP contribution in [0.3, 0.4) is 0 Å². The molecule has 0 saturated heterocycles. The maximum Gasteiger partial charge on any atom is 0.254 e. The van der Waals surface area contributed by atoms with E-state index < -0.39 is 5.91 Å². The summed E-state index contributed by atoms with van der Waals surface area (Å²) < 4.78 is 7.91. The topological polar surface area (TPSA) is 82.2 Å². The molecule has 0 radical (unpaired) electrons. The zero-order valence-electron chi connectivity index (χ0n) is 23.1. The molecule has 0 bridgehead atoms. The van der Waals surface area contributed by atoms with Gasteiger partial charge in [-0.2, -0.15) is 5.10 Å². The van der Waals surface area contributed by atoms with Crippen LogP contribution in [0.25, 0.3) is 11.3 Å². The van der Waals surface area contributed by atoms with Crippen LogP contribution in [-0.2, 0) is 23.8 Å². The third-order valence-electron chi connectivity index (χ3n) is 7.10. The maximum absolute atomic E-state index is 12.6. The fraction of sp³-hybridized carbons (Fsp3) is 0.312. The summed E-state index contributed by atoms with van der Waals surface area (Å²) in [5.74, 6) is 1.60. The number of benzene rings is 3. The molecule has 6 nitrogen and oxygen atoms in total. The number of aromatic nitrogens is 2. The first kappa shape index (κ1) is 25.6. The first-order chi connectivity index (χ1) is 17.9. The van der Waals surface area contributed by atoms with Crippen LogP contribution in [0.1, 0.15) is 68.6 Å². The smallest absolute Gasteiger partial charge is 0.254 e. The Kier molecular flexibility index (Phi) is 6.30. The van der Waals surface area contributed by atoms with Gasteiger partial charge < -0.3 is 15.8 Å². The fourth-order valence-electron chi connectivity index (χ4n) is 4.77. The number of carbonyl (C=O) groups excluding carboxylic acids is 1. The van der Waals surface area contributed by atoms with Crippen molar-refractivity contribution >= 4 is 17.4 Å². The second-order valence-corrected chi connectivity index (χ2v) is 12.1. The quantitative estimate of drug-likeness (QED) is 0.302. The molecular formula is C32H36N4O2. The average Bonchev–Trinajstić information content (AvgIpc) is 3.11. The Morgan fingerprint density at radius 2 is 1.45 bits per heavy atom. The minimum absolute atomic E-state index is 0.0617. The highest BCUT2D eigenvalue weighted by Crippen LogP contribution is 2.37. The number of hydrogen-bond acceptors (Lipinski definition) is 4. The van der Waals surface area contributed by atoms with Crippen molar-refractivity contribution in [1.82, 2.24) is 9.78 Å². The number of anilines is 2. The van der Waals surface area contributed by atoms with Crippen LogP contribution >= 0.6 is 0 Å². The Bertz CT molecular complexity index is 1480. The van der Waals surface area contributed by atoms with E-state index in [1.165, 1.54) is 16.7 Å². The second-order valence-electron chi connectivity index (χ2n) is 12.1. The van der Waals surface area contributed by atoms with E-state index in [4.69, 9.17) is 15.6 Å². The number of hydrogen-bond donors (Lipinski definition) is 2. The highest BCUT2D eigenvalue weighted by molar-refractivity contribution is 6.04. The van der Waals surface area contributed by atoms with E-state index in [1.807, 2.05) is 41.1 Å². The first-order valence-corrected chi connectivity index (χ1v) is 13.1. The van der Waals surface area contributed by atoms with Crippen LogP contribution < -0.4 is 15.8 Å². The molecule has 38 heavy (non-hydrogen) atoms. The van der Waals surface area contributed by atoms with E-state index in [1.54, 1.807) is 0 Å². The molecule has 3 N–H and O–H groups in total. The van der Waals surface area contributed by atoms with Crippen LogP contribution in [0.4, 0.5) is 11.5 Å². The molecule has 5 rings (SSSR count). The van der Waals surface area contributed by atoms with Gasteiger partial charge in [-0.05, 0) is 76.4 Å². The number of rotatable bonds is 4. The molecule has 1 aliphatic rings. The SMILES string of the molecule is CC(C)(C)c1ccc(Oc2ccc(-c3nn4c(c3C(N)=O)Nc3ccc(C(C)(C)C)cc3CC4)cc2)cc1. The molecule has 196 valence electrons. The number of nitrogens with zero attached hydrogens (tertiary/aromatic N) is 2. The number of fused-ring (bicyclic) bond motifs is 2. The van der Waals surface area contributed by atoms with E-state index in [0.29, 0.717) is 29.4 Å². The standard InChI is InChI=1S/C32H36N4O2/c1-31(2,3)22-9-14-25(15-10-22)38-24-12-7-20(8-13-24)28-27(29(33)37)30-34-26-16-11-23(32(4,5)6)19-21(26)17-18-36(30)35-28/h7-16,19,34H,17-18H2,1-6H3,(H2,33,37). The van der Waals surface area contributed by atoms with Crippen LogP contribution in [0, 0.1) is 0 Å². The molecule has 4 aromatic rings. The monoisotopic (exact) mass is 508 g/mol. The summed E-state index contributed by atoms with van der Waals surface area (Å²) in [7, 11) is 0. The molecule has 6 heteroatoms. The Hall–Kier alpha value is -4.06. The van der Waals surface area contributed by atoms with Crippen molar-refractivity contribution in [3.8, 4) is 22.8 Å². The van der Waals surface area contributed by atoms with Gasteiger partial charge in [-0.15, -0.1) is 0 Å². The van der Waals surface area contributed by atoms with Crippen LogP contribution in [0.5, 0.6) is 11.5 Å². The summed E-state index contributed by atoms with van der Waals surface area (Å²) in [4.78, 5) is 12.6. The van der Waals surface area contributed by atoms with Crippen molar-refractivity contribution in [2.24, 2.45) is 5.73 Å². The molecule has 0 unspecified atom stereocenters. The number of amides is 1. The molecule has 0 spiro atoms. The molecule has 0 aliphatic carbocycles. The molecule has 1 aromatic heterocycles. The van der Waals surface area contributed by atoms with Crippen molar-refractivity contribution in [3.63, 3.8) is 0 Å². The summed E-state index contributed by atoms with van der Waals surface area (Å²) in [5.41, 5.74) is 12.5. The number of nitrogens with two attached hydrogens (primary N) is 1. The lowest BCUT2D eigenvalue weighted by molar-refractivity contribution is 0.100. The zero-order chi connectivity index (χ0) is 27.2. The summed E-state index contributed by atoms with van der Waals surface area (Å²) >= 11 is 0. The predicted octanol–water partition coefficient (Wildman–Crippen LogP) is 7.34. The fourth-order valence-corrected chi connectivity index (χ4v) is 4.77. The van der Waals surface area contributed by atoms with Gasteiger partial charge in [0, 0.05) is 17.8 Å².